The quantitative estimate of drug-likeness (QED) is 0.562. The van der Waals surface area contributed by atoms with E-state index in [4.69, 9.17) is 9.47 Å². The van der Waals surface area contributed by atoms with E-state index in [-0.39, 0.29) is 0 Å². The highest BCUT2D eigenvalue weighted by molar-refractivity contribution is 5.50. The molecule has 2 aromatic rings. The van der Waals surface area contributed by atoms with Gasteiger partial charge in [-0.25, -0.2) is 0 Å². The van der Waals surface area contributed by atoms with Gasteiger partial charge in [-0.2, -0.15) is 0 Å². The number of rotatable bonds is 6. The van der Waals surface area contributed by atoms with Crippen LogP contribution in [0.1, 0.15) is 52.8 Å². The number of ether oxygens (including phenoxy) is 2. The van der Waals surface area contributed by atoms with Gasteiger partial charge < -0.3 is 29.9 Å². The SMILES string of the molecule is CCOc1ccc(Cc2cc([C@@H]3O[C@H](CO)[C@@H](O)[C@H](O)[C@H]3O)c(C)c3c2CCC3)cc1. The third-order valence-corrected chi connectivity index (χ3v) is 6.65. The predicted octanol–water partition coefficient (Wildman–Crippen LogP) is 1.99. The molecule has 0 unspecified atom stereocenters. The first-order valence-electron chi connectivity index (χ1n) is 11.1. The summed E-state index contributed by atoms with van der Waals surface area (Å²) in [5, 5.41) is 40.7. The Kier molecular flexibility index (Phi) is 6.65. The number of aliphatic hydroxyl groups is 4. The molecule has 5 atom stereocenters. The van der Waals surface area contributed by atoms with Gasteiger partial charge in [-0.15, -0.1) is 0 Å². The number of aliphatic hydroxyl groups excluding tert-OH is 4. The fourth-order valence-corrected chi connectivity index (χ4v) is 4.97. The normalized spacial score (nSPS) is 27.9. The average molecular weight is 429 g/mol. The lowest BCUT2D eigenvalue weighted by Crippen LogP contribution is -2.55. The van der Waals surface area contributed by atoms with Crippen LogP contribution in [-0.4, -0.2) is 58.1 Å². The van der Waals surface area contributed by atoms with Crippen molar-refractivity contribution >= 4 is 0 Å². The maximum atomic E-state index is 10.7. The highest BCUT2D eigenvalue weighted by atomic mass is 16.5. The third-order valence-electron chi connectivity index (χ3n) is 6.65. The van der Waals surface area contributed by atoms with Crippen molar-refractivity contribution in [2.45, 2.75) is 70.1 Å². The van der Waals surface area contributed by atoms with Gasteiger partial charge in [0.25, 0.3) is 0 Å². The Bertz CT molecular complexity index is 907. The summed E-state index contributed by atoms with van der Waals surface area (Å²) in [5.74, 6) is 0.849. The van der Waals surface area contributed by atoms with E-state index in [2.05, 4.69) is 18.2 Å². The molecule has 1 saturated heterocycles. The molecular weight excluding hydrogens is 396 g/mol. The van der Waals surface area contributed by atoms with Crippen molar-refractivity contribution in [1.29, 1.82) is 0 Å². The minimum Gasteiger partial charge on any atom is -0.494 e. The first-order valence-corrected chi connectivity index (χ1v) is 11.1. The van der Waals surface area contributed by atoms with Crippen molar-refractivity contribution in [2.24, 2.45) is 0 Å². The zero-order chi connectivity index (χ0) is 22.1. The molecule has 6 nitrogen and oxygen atoms in total. The molecule has 2 aromatic carbocycles. The van der Waals surface area contributed by atoms with Gasteiger partial charge >= 0.3 is 0 Å². The lowest BCUT2D eigenvalue weighted by Gasteiger charge is -2.41. The lowest BCUT2D eigenvalue weighted by atomic mass is 9.84. The van der Waals surface area contributed by atoms with Crippen LogP contribution in [0.2, 0.25) is 0 Å². The van der Waals surface area contributed by atoms with Gasteiger partial charge in [0.2, 0.25) is 0 Å². The molecule has 1 fully saturated rings. The maximum absolute atomic E-state index is 10.7. The summed E-state index contributed by atoms with van der Waals surface area (Å²) in [4.78, 5) is 0. The summed E-state index contributed by atoms with van der Waals surface area (Å²) in [6, 6.07) is 10.2. The lowest BCUT2D eigenvalue weighted by molar-refractivity contribution is -0.231. The third kappa shape index (κ3) is 4.23. The van der Waals surface area contributed by atoms with Crippen molar-refractivity contribution < 1.29 is 29.9 Å². The van der Waals surface area contributed by atoms with Crippen molar-refractivity contribution in [3.8, 4) is 5.75 Å². The van der Waals surface area contributed by atoms with Gasteiger partial charge in [-0.3, -0.25) is 0 Å². The molecule has 0 spiro atoms. The number of hydrogen-bond donors (Lipinski definition) is 4. The van der Waals surface area contributed by atoms with Gasteiger partial charge in [-0.1, -0.05) is 18.2 Å². The zero-order valence-electron chi connectivity index (χ0n) is 18.1. The maximum Gasteiger partial charge on any atom is 0.119 e. The summed E-state index contributed by atoms with van der Waals surface area (Å²) in [5.41, 5.74) is 6.89. The van der Waals surface area contributed by atoms with Crippen LogP contribution < -0.4 is 4.74 Å². The smallest absolute Gasteiger partial charge is 0.119 e. The van der Waals surface area contributed by atoms with Crippen LogP contribution in [0.3, 0.4) is 0 Å². The largest absolute Gasteiger partial charge is 0.494 e. The first kappa shape index (κ1) is 22.2. The highest BCUT2D eigenvalue weighted by Crippen LogP contribution is 2.39. The molecule has 6 heteroatoms. The molecule has 0 radical (unpaired) electrons. The Hall–Kier alpha value is -1.96. The van der Waals surface area contributed by atoms with Crippen molar-refractivity contribution in [1.82, 2.24) is 0 Å². The second-order valence-corrected chi connectivity index (χ2v) is 8.56. The van der Waals surface area contributed by atoms with E-state index in [1.54, 1.807) is 0 Å². The van der Waals surface area contributed by atoms with Crippen molar-refractivity contribution in [2.75, 3.05) is 13.2 Å². The monoisotopic (exact) mass is 428 g/mol. The molecule has 4 N–H and O–H groups in total. The van der Waals surface area contributed by atoms with E-state index in [1.165, 1.54) is 22.3 Å². The fourth-order valence-electron chi connectivity index (χ4n) is 4.97. The minimum atomic E-state index is -1.38. The van der Waals surface area contributed by atoms with E-state index in [9.17, 15) is 20.4 Å². The van der Waals surface area contributed by atoms with Crippen LogP contribution in [-0.2, 0) is 24.0 Å². The van der Waals surface area contributed by atoms with Gasteiger partial charge in [0, 0.05) is 0 Å². The second-order valence-electron chi connectivity index (χ2n) is 8.56. The molecule has 0 amide bonds. The number of hydrogen-bond acceptors (Lipinski definition) is 6. The molecule has 4 rings (SSSR count). The molecule has 168 valence electrons. The van der Waals surface area contributed by atoms with Crippen LogP contribution in [0.4, 0.5) is 0 Å². The Morgan fingerprint density at radius 1 is 1.00 bits per heavy atom. The topological polar surface area (TPSA) is 99.4 Å². The molecule has 1 aliphatic carbocycles. The summed E-state index contributed by atoms with van der Waals surface area (Å²) in [6.07, 6.45) is -1.88. The average Bonchev–Trinajstić information content (AvgIpc) is 3.27. The predicted molar refractivity (Wildman–Crippen MR) is 116 cm³/mol. The molecule has 1 heterocycles. The van der Waals surface area contributed by atoms with Crippen molar-refractivity contribution in [3.63, 3.8) is 0 Å². The van der Waals surface area contributed by atoms with E-state index in [1.807, 2.05) is 26.0 Å². The Balaban J connectivity index is 1.69. The Morgan fingerprint density at radius 2 is 1.71 bits per heavy atom. The van der Waals surface area contributed by atoms with E-state index in [0.717, 1.165) is 42.6 Å². The van der Waals surface area contributed by atoms with Gasteiger partial charge in [-0.05, 0) is 85.0 Å². The van der Waals surface area contributed by atoms with Gasteiger partial charge in [0.1, 0.15) is 36.3 Å². The Labute approximate surface area is 183 Å². The molecule has 0 saturated carbocycles. The Morgan fingerprint density at radius 3 is 2.39 bits per heavy atom. The number of benzene rings is 2. The van der Waals surface area contributed by atoms with Crippen LogP contribution >= 0.6 is 0 Å². The van der Waals surface area contributed by atoms with Crippen LogP contribution in [0, 0.1) is 6.92 Å². The fraction of sp³-hybridized carbons (Fsp3) is 0.520. The van der Waals surface area contributed by atoms with E-state index >= 15 is 0 Å². The second kappa shape index (κ2) is 9.27. The van der Waals surface area contributed by atoms with Gasteiger partial charge in [0.15, 0.2) is 0 Å². The molecule has 1 aliphatic heterocycles. The van der Waals surface area contributed by atoms with E-state index < -0.39 is 37.1 Å². The molecule has 0 bridgehead atoms. The number of fused-ring (bicyclic) bond motifs is 1. The van der Waals surface area contributed by atoms with Crippen LogP contribution in [0.25, 0.3) is 0 Å². The summed E-state index contributed by atoms with van der Waals surface area (Å²) in [7, 11) is 0. The summed E-state index contributed by atoms with van der Waals surface area (Å²) < 4.78 is 11.4. The standard InChI is InChI=1S/C25H32O6/c1-3-30-17-9-7-15(8-10-17)11-16-12-20(14(2)18-5-4-6-19(16)18)25-24(29)23(28)22(27)21(13-26)31-25/h7-10,12,21-29H,3-6,11,13H2,1-2H3/t21-,22-,23+,24-,25+/m1/s1. The summed E-state index contributed by atoms with van der Waals surface area (Å²) >= 11 is 0. The van der Waals surface area contributed by atoms with Crippen LogP contribution in [0.5, 0.6) is 5.75 Å². The minimum absolute atomic E-state index is 0.426. The first-order chi connectivity index (χ1) is 14.9. The van der Waals surface area contributed by atoms with Crippen LogP contribution in [0.15, 0.2) is 30.3 Å². The molecule has 31 heavy (non-hydrogen) atoms. The van der Waals surface area contributed by atoms with Gasteiger partial charge in [0.05, 0.1) is 13.2 Å². The molecule has 2 aliphatic rings. The molecular formula is C25H32O6. The van der Waals surface area contributed by atoms with Crippen molar-refractivity contribution in [3.05, 3.63) is 63.7 Å². The summed E-state index contributed by atoms with van der Waals surface area (Å²) in [6.45, 7) is 4.20. The highest BCUT2D eigenvalue weighted by Gasteiger charge is 2.44. The molecule has 0 aromatic heterocycles. The van der Waals surface area contributed by atoms with E-state index in [0.29, 0.717) is 6.61 Å². The zero-order valence-corrected chi connectivity index (χ0v) is 18.1.